The first-order valence-corrected chi connectivity index (χ1v) is 8.34. The first-order valence-electron chi connectivity index (χ1n) is 7.40. The minimum atomic E-state index is -0.421. The Balaban J connectivity index is 0.00000264. The Bertz CT molecular complexity index is 662. The number of carbonyl (C=O) groups is 1. The lowest BCUT2D eigenvalue weighted by Gasteiger charge is -2.33. The van der Waals surface area contributed by atoms with E-state index in [1.54, 1.807) is 11.3 Å². The Morgan fingerprint density at radius 2 is 2.00 bits per heavy atom. The van der Waals surface area contributed by atoms with Gasteiger partial charge in [-0.3, -0.25) is 9.78 Å². The van der Waals surface area contributed by atoms with Crippen LogP contribution in [0.1, 0.15) is 36.8 Å². The highest BCUT2D eigenvalue weighted by Gasteiger charge is 2.29. The van der Waals surface area contributed by atoms with E-state index in [2.05, 4.69) is 24.1 Å². The molecule has 2 heterocycles. The molecule has 4 nitrogen and oxygen atoms in total. The van der Waals surface area contributed by atoms with Gasteiger partial charge in [0, 0.05) is 17.5 Å². The minimum absolute atomic E-state index is 0. The quantitative estimate of drug-likeness (QED) is 0.809. The highest BCUT2D eigenvalue weighted by atomic mass is 35.5. The highest BCUT2D eigenvalue weighted by Crippen LogP contribution is 2.22. The molecular formula is C17H25Cl2N3OS. The summed E-state index contributed by atoms with van der Waals surface area (Å²) in [5, 5.41) is 7.12. The number of carbonyl (C=O) groups excluding carboxylic acids is 1. The number of aromatic nitrogens is 1. The SMILES string of the molecule is Cc1nc(-c2ccsc2)ccc1C(=O)NC(C)(CN)C(C)C.Cl.Cl. The highest BCUT2D eigenvalue weighted by molar-refractivity contribution is 7.08. The molecule has 0 saturated heterocycles. The number of nitrogens with one attached hydrogen (secondary N) is 1. The Labute approximate surface area is 160 Å². The Morgan fingerprint density at radius 1 is 1.33 bits per heavy atom. The second-order valence-electron chi connectivity index (χ2n) is 6.07. The van der Waals surface area contributed by atoms with Gasteiger partial charge in [0.05, 0.1) is 22.5 Å². The number of hydrogen-bond donors (Lipinski definition) is 2. The van der Waals surface area contributed by atoms with Gasteiger partial charge >= 0.3 is 0 Å². The Morgan fingerprint density at radius 3 is 2.46 bits per heavy atom. The third-order valence-corrected chi connectivity index (χ3v) is 4.93. The van der Waals surface area contributed by atoms with Crippen molar-refractivity contribution in [3.63, 3.8) is 0 Å². The zero-order valence-corrected chi connectivity index (χ0v) is 16.8. The molecule has 1 amide bonds. The molecule has 0 aliphatic carbocycles. The van der Waals surface area contributed by atoms with Crippen molar-refractivity contribution in [2.24, 2.45) is 11.7 Å². The van der Waals surface area contributed by atoms with Crippen LogP contribution in [-0.2, 0) is 0 Å². The Kier molecular flexibility index (Phi) is 8.93. The molecule has 1 unspecified atom stereocenters. The van der Waals surface area contributed by atoms with E-state index in [1.807, 2.05) is 42.8 Å². The first-order chi connectivity index (χ1) is 10.4. The molecule has 24 heavy (non-hydrogen) atoms. The molecule has 2 aromatic rings. The number of amides is 1. The van der Waals surface area contributed by atoms with Crippen molar-refractivity contribution in [3.05, 3.63) is 40.2 Å². The van der Waals surface area contributed by atoms with Crippen LogP contribution in [0.4, 0.5) is 0 Å². The number of thiophene rings is 1. The lowest BCUT2D eigenvalue weighted by Crippen LogP contribution is -2.55. The average molecular weight is 390 g/mol. The van der Waals surface area contributed by atoms with E-state index in [9.17, 15) is 4.79 Å². The third-order valence-electron chi connectivity index (χ3n) is 4.24. The van der Waals surface area contributed by atoms with Gasteiger partial charge in [-0.15, -0.1) is 24.8 Å². The zero-order valence-electron chi connectivity index (χ0n) is 14.3. The van der Waals surface area contributed by atoms with Crippen LogP contribution in [0.25, 0.3) is 11.3 Å². The topological polar surface area (TPSA) is 68.0 Å². The smallest absolute Gasteiger partial charge is 0.253 e. The van der Waals surface area contributed by atoms with E-state index in [0.717, 1.165) is 17.0 Å². The van der Waals surface area contributed by atoms with Crippen molar-refractivity contribution in [3.8, 4) is 11.3 Å². The van der Waals surface area contributed by atoms with Crippen molar-refractivity contribution in [1.82, 2.24) is 10.3 Å². The second-order valence-corrected chi connectivity index (χ2v) is 6.85. The predicted molar refractivity (Wildman–Crippen MR) is 107 cm³/mol. The lowest BCUT2D eigenvalue weighted by atomic mass is 9.88. The van der Waals surface area contributed by atoms with Crippen molar-refractivity contribution in [2.75, 3.05) is 6.54 Å². The van der Waals surface area contributed by atoms with E-state index in [4.69, 9.17) is 5.73 Å². The number of pyridine rings is 1. The van der Waals surface area contributed by atoms with Gasteiger partial charge in [0.1, 0.15) is 0 Å². The van der Waals surface area contributed by atoms with Gasteiger partial charge in [-0.2, -0.15) is 11.3 Å². The standard InChI is InChI=1S/C17H23N3OS.2ClH/c1-11(2)17(4,10-18)20-16(21)14-5-6-15(19-12(14)3)13-7-8-22-9-13;;/h5-9,11H,10,18H2,1-4H3,(H,20,21);2*1H. The Hall–Kier alpha value is -1.14. The summed E-state index contributed by atoms with van der Waals surface area (Å²) in [6, 6.07) is 5.75. The largest absolute Gasteiger partial charge is 0.345 e. The third kappa shape index (κ3) is 4.93. The number of aryl methyl sites for hydroxylation is 1. The normalized spacial score (nSPS) is 12.8. The molecule has 0 radical (unpaired) electrons. The van der Waals surface area contributed by atoms with Crippen LogP contribution in [0.3, 0.4) is 0 Å². The summed E-state index contributed by atoms with van der Waals surface area (Å²) in [5.74, 6) is 0.128. The fraction of sp³-hybridized carbons (Fsp3) is 0.412. The molecule has 2 aromatic heterocycles. The van der Waals surface area contributed by atoms with Crippen LogP contribution in [0.5, 0.6) is 0 Å². The maximum Gasteiger partial charge on any atom is 0.253 e. The maximum absolute atomic E-state index is 12.5. The summed E-state index contributed by atoms with van der Waals surface area (Å²) in [5.41, 5.74) is 8.70. The number of nitrogens with two attached hydrogens (primary N) is 1. The van der Waals surface area contributed by atoms with E-state index < -0.39 is 5.54 Å². The summed E-state index contributed by atoms with van der Waals surface area (Å²) in [4.78, 5) is 17.1. The fourth-order valence-electron chi connectivity index (χ4n) is 2.13. The molecule has 7 heteroatoms. The van der Waals surface area contributed by atoms with Crippen molar-refractivity contribution in [1.29, 1.82) is 0 Å². The lowest BCUT2D eigenvalue weighted by molar-refractivity contribution is 0.0882. The zero-order chi connectivity index (χ0) is 16.3. The summed E-state index contributed by atoms with van der Waals surface area (Å²) < 4.78 is 0. The van der Waals surface area contributed by atoms with Crippen LogP contribution >= 0.6 is 36.2 Å². The second kappa shape index (κ2) is 9.37. The molecule has 0 bridgehead atoms. The van der Waals surface area contributed by atoms with Gasteiger partial charge in [-0.05, 0) is 43.3 Å². The molecule has 0 fully saturated rings. The number of hydrogen-bond acceptors (Lipinski definition) is 4. The first kappa shape index (κ1) is 22.9. The van der Waals surface area contributed by atoms with Crippen molar-refractivity contribution >= 4 is 42.1 Å². The molecule has 0 aromatic carbocycles. The van der Waals surface area contributed by atoms with E-state index in [1.165, 1.54) is 0 Å². The number of nitrogens with zero attached hydrogens (tertiary/aromatic N) is 1. The maximum atomic E-state index is 12.5. The number of rotatable bonds is 5. The summed E-state index contributed by atoms with van der Waals surface area (Å²) in [7, 11) is 0. The monoisotopic (exact) mass is 389 g/mol. The molecule has 0 aliphatic heterocycles. The fourth-order valence-corrected chi connectivity index (χ4v) is 2.78. The van der Waals surface area contributed by atoms with Crippen LogP contribution in [-0.4, -0.2) is 23.0 Å². The molecular weight excluding hydrogens is 365 g/mol. The van der Waals surface area contributed by atoms with Gasteiger partial charge in [-0.25, -0.2) is 0 Å². The minimum Gasteiger partial charge on any atom is -0.345 e. The van der Waals surface area contributed by atoms with Crippen LogP contribution in [0.15, 0.2) is 29.0 Å². The van der Waals surface area contributed by atoms with Crippen molar-refractivity contribution in [2.45, 2.75) is 33.2 Å². The van der Waals surface area contributed by atoms with Crippen LogP contribution < -0.4 is 11.1 Å². The van der Waals surface area contributed by atoms with Gasteiger partial charge in [-0.1, -0.05) is 13.8 Å². The van der Waals surface area contributed by atoms with E-state index in [-0.39, 0.29) is 36.6 Å². The summed E-state index contributed by atoms with van der Waals surface area (Å²) >= 11 is 1.63. The molecule has 134 valence electrons. The van der Waals surface area contributed by atoms with E-state index >= 15 is 0 Å². The molecule has 3 N–H and O–H groups in total. The molecule has 0 saturated carbocycles. The summed E-state index contributed by atoms with van der Waals surface area (Å²) in [6.07, 6.45) is 0. The number of halogens is 2. The predicted octanol–water partition coefficient (Wildman–Crippen LogP) is 4.07. The van der Waals surface area contributed by atoms with E-state index in [0.29, 0.717) is 12.1 Å². The molecule has 2 rings (SSSR count). The van der Waals surface area contributed by atoms with Gasteiger partial charge < -0.3 is 11.1 Å². The van der Waals surface area contributed by atoms with Gasteiger partial charge in [0.15, 0.2) is 0 Å². The van der Waals surface area contributed by atoms with Crippen LogP contribution in [0, 0.1) is 12.8 Å². The molecule has 0 spiro atoms. The van der Waals surface area contributed by atoms with Gasteiger partial charge in [0.2, 0.25) is 0 Å². The average Bonchev–Trinajstić information content (AvgIpc) is 3.00. The molecule has 0 aliphatic rings. The summed E-state index contributed by atoms with van der Waals surface area (Å²) in [6.45, 7) is 8.34. The van der Waals surface area contributed by atoms with Crippen molar-refractivity contribution < 1.29 is 4.79 Å². The van der Waals surface area contributed by atoms with Crippen LogP contribution in [0.2, 0.25) is 0 Å². The van der Waals surface area contributed by atoms with Gasteiger partial charge in [0.25, 0.3) is 5.91 Å². The molecule has 1 atom stereocenters.